The number of rotatable bonds is 4. The lowest BCUT2D eigenvalue weighted by atomic mass is 9.72. The minimum atomic E-state index is -0.711. The highest BCUT2D eigenvalue weighted by molar-refractivity contribution is 7.97. The predicted octanol–water partition coefficient (Wildman–Crippen LogP) is 4.59. The Bertz CT molecular complexity index is 895. The van der Waals surface area contributed by atoms with Crippen molar-refractivity contribution in [1.82, 2.24) is 4.72 Å². The molecule has 1 saturated heterocycles. The normalized spacial score (nSPS) is 20.7. The van der Waals surface area contributed by atoms with Gasteiger partial charge in [0.1, 0.15) is 6.17 Å². The third kappa shape index (κ3) is 3.58. The van der Waals surface area contributed by atoms with Gasteiger partial charge in [-0.1, -0.05) is 37.9 Å². The fourth-order valence-corrected chi connectivity index (χ4v) is 4.49. The number of carbonyl (C=O) groups excluding carboxylic acids is 1. The Balaban J connectivity index is 1.61. The van der Waals surface area contributed by atoms with Gasteiger partial charge in [-0.25, -0.2) is 4.39 Å². The Morgan fingerprint density at radius 1 is 1.25 bits per heavy atom. The molecule has 0 radical (unpaired) electrons. The standard InChI is InChI=1S/C22H26FN3OS/c1-22(2)11-16-9-15(21(27)25-28-3)7-8-19(16)24-20(22)14-5-4-6-18(10-14)26-12-17(23)13-26/h4-10,17,20,24H,11-13H2,1-3H3,(H,25,27). The smallest absolute Gasteiger partial charge is 0.261 e. The summed E-state index contributed by atoms with van der Waals surface area (Å²) in [6.45, 7) is 5.45. The fraction of sp³-hybridized carbons (Fsp3) is 0.409. The Labute approximate surface area is 170 Å². The molecule has 0 spiro atoms. The van der Waals surface area contributed by atoms with Crippen molar-refractivity contribution >= 4 is 29.2 Å². The van der Waals surface area contributed by atoms with Crippen LogP contribution in [0.2, 0.25) is 0 Å². The largest absolute Gasteiger partial charge is 0.377 e. The molecular formula is C22H26FN3OS. The van der Waals surface area contributed by atoms with E-state index in [-0.39, 0.29) is 17.4 Å². The average Bonchev–Trinajstić information content (AvgIpc) is 2.64. The lowest BCUT2D eigenvalue weighted by Gasteiger charge is -2.42. The van der Waals surface area contributed by atoms with Crippen LogP contribution >= 0.6 is 11.9 Å². The molecule has 1 amide bonds. The Morgan fingerprint density at radius 3 is 2.75 bits per heavy atom. The lowest BCUT2D eigenvalue weighted by molar-refractivity contribution is 0.0984. The van der Waals surface area contributed by atoms with Gasteiger partial charge in [0.15, 0.2) is 0 Å². The zero-order chi connectivity index (χ0) is 19.9. The molecule has 6 heteroatoms. The van der Waals surface area contributed by atoms with E-state index in [1.807, 2.05) is 24.5 Å². The van der Waals surface area contributed by atoms with Gasteiger partial charge in [-0.2, -0.15) is 0 Å². The summed E-state index contributed by atoms with van der Waals surface area (Å²) in [7, 11) is 0. The molecule has 28 heavy (non-hydrogen) atoms. The maximum Gasteiger partial charge on any atom is 0.261 e. The van der Waals surface area contributed by atoms with Crippen molar-refractivity contribution in [3.05, 3.63) is 59.2 Å². The van der Waals surface area contributed by atoms with E-state index < -0.39 is 6.17 Å². The van der Waals surface area contributed by atoms with Crippen LogP contribution in [0.1, 0.15) is 41.4 Å². The van der Waals surface area contributed by atoms with Crippen molar-refractivity contribution in [2.45, 2.75) is 32.5 Å². The molecule has 2 aromatic rings. The summed E-state index contributed by atoms with van der Waals surface area (Å²) in [6, 6.07) is 14.4. The van der Waals surface area contributed by atoms with Crippen LogP contribution in [0.15, 0.2) is 42.5 Å². The minimum absolute atomic E-state index is 0.0300. The number of anilines is 2. The zero-order valence-corrected chi connectivity index (χ0v) is 17.3. The molecule has 2 heterocycles. The first-order valence-electron chi connectivity index (χ1n) is 9.59. The Kier molecular flexibility index (Phi) is 5.00. The number of fused-ring (bicyclic) bond motifs is 1. The van der Waals surface area contributed by atoms with Crippen LogP contribution in [0.25, 0.3) is 0 Å². The molecule has 4 rings (SSSR count). The molecule has 0 aliphatic carbocycles. The number of nitrogens with one attached hydrogen (secondary N) is 2. The Morgan fingerprint density at radius 2 is 2.04 bits per heavy atom. The first-order chi connectivity index (χ1) is 13.4. The Hall–Kier alpha value is -2.21. The van der Waals surface area contributed by atoms with Gasteiger partial charge in [-0.3, -0.25) is 9.52 Å². The summed E-state index contributed by atoms with van der Waals surface area (Å²) in [5.41, 5.74) is 5.18. The van der Waals surface area contributed by atoms with Gasteiger partial charge >= 0.3 is 0 Å². The molecule has 1 fully saturated rings. The summed E-state index contributed by atoms with van der Waals surface area (Å²) in [5.74, 6) is -0.0661. The molecular weight excluding hydrogens is 373 g/mol. The monoisotopic (exact) mass is 399 g/mol. The molecule has 1 unspecified atom stereocenters. The maximum absolute atomic E-state index is 13.3. The second kappa shape index (κ2) is 7.32. The van der Waals surface area contributed by atoms with Crippen molar-refractivity contribution in [2.75, 3.05) is 29.6 Å². The van der Waals surface area contributed by atoms with Crippen molar-refractivity contribution in [3.8, 4) is 0 Å². The van der Waals surface area contributed by atoms with E-state index in [9.17, 15) is 9.18 Å². The van der Waals surface area contributed by atoms with E-state index in [0.29, 0.717) is 18.7 Å². The summed E-state index contributed by atoms with van der Waals surface area (Å²) in [4.78, 5) is 14.2. The van der Waals surface area contributed by atoms with E-state index in [0.717, 1.165) is 23.4 Å². The number of benzene rings is 2. The number of halogens is 1. The summed E-state index contributed by atoms with van der Waals surface area (Å²) < 4.78 is 16.0. The molecule has 2 N–H and O–H groups in total. The zero-order valence-electron chi connectivity index (χ0n) is 16.5. The van der Waals surface area contributed by atoms with E-state index in [1.165, 1.54) is 17.5 Å². The number of nitrogens with zero attached hydrogens (tertiary/aromatic N) is 1. The quantitative estimate of drug-likeness (QED) is 0.738. The highest BCUT2D eigenvalue weighted by atomic mass is 32.2. The highest BCUT2D eigenvalue weighted by Crippen LogP contribution is 2.45. The van der Waals surface area contributed by atoms with Gasteiger partial charge in [0.25, 0.3) is 5.91 Å². The van der Waals surface area contributed by atoms with E-state index in [2.05, 4.69) is 53.1 Å². The van der Waals surface area contributed by atoms with Crippen LogP contribution in [0.3, 0.4) is 0 Å². The van der Waals surface area contributed by atoms with Crippen LogP contribution in [-0.2, 0) is 6.42 Å². The summed E-state index contributed by atoms with van der Waals surface area (Å²) >= 11 is 1.31. The van der Waals surface area contributed by atoms with Crippen molar-refractivity contribution in [2.24, 2.45) is 5.41 Å². The van der Waals surface area contributed by atoms with Crippen LogP contribution in [0.5, 0.6) is 0 Å². The lowest BCUT2D eigenvalue weighted by Crippen LogP contribution is -2.48. The fourth-order valence-electron chi connectivity index (χ4n) is 4.19. The molecule has 2 aliphatic heterocycles. The molecule has 0 aromatic heterocycles. The third-order valence-electron chi connectivity index (χ3n) is 5.70. The van der Waals surface area contributed by atoms with Crippen LogP contribution in [0.4, 0.5) is 15.8 Å². The van der Waals surface area contributed by atoms with Crippen LogP contribution in [0, 0.1) is 5.41 Å². The van der Waals surface area contributed by atoms with Gasteiger partial charge in [-0.15, -0.1) is 0 Å². The molecule has 2 aliphatic rings. The molecule has 0 saturated carbocycles. The predicted molar refractivity (Wildman–Crippen MR) is 115 cm³/mol. The number of alkyl halides is 1. The van der Waals surface area contributed by atoms with E-state index in [1.54, 1.807) is 0 Å². The van der Waals surface area contributed by atoms with Crippen molar-refractivity contribution < 1.29 is 9.18 Å². The highest BCUT2D eigenvalue weighted by Gasteiger charge is 2.36. The molecule has 1 atom stereocenters. The average molecular weight is 400 g/mol. The first kappa shape index (κ1) is 19.1. The number of hydrogen-bond acceptors (Lipinski definition) is 4. The molecule has 0 bridgehead atoms. The summed E-state index contributed by atoms with van der Waals surface area (Å²) in [6.07, 6.45) is 2.01. The van der Waals surface area contributed by atoms with Crippen molar-refractivity contribution in [1.29, 1.82) is 0 Å². The molecule has 2 aromatic carbocycles. The van der Waals surface area contributed by atoms with E-state index >= 15 is 0 Å². The summed E-state index contributed by atoms with van der Waals surface area (Å²) in [5, 5.41) is 3.68. The van der Waals surface area contributed by atoms with Gasteiger partial charge in [0.05, 0.1) is 19.1 Å². The number of hydrogen-bond donors (Lipinski definition) is 2. The third-order valence-corrected chi connectivity index (χ3v) is 6.08. The van der Waals surface area contributed by atoms with Gasteiger partial charge in [-0.05, 0) is 53.3 Å². The van der Waals surface area contributed by atoms with Crippen molar-refractivity contribution in [3.63, 3.8) is 0 Å². The van der Waals surface area contributed by atoms with E-state index in [4.69, 9.17) is 0 Å². The van der Waals surface area contributed by atoms with Gasteiger partial charge < -0.3 is 10.2 Å². The number of carbonyl (C=O) groups is 1. The van der Waals surface area contributed by atoms with Crippen LogP contribution in [-0.4, -0.2) is 31.4 Å². The van der Waals surface area contributed by atoms with Gasteiger partial charge in [0.2, 0.25) is 0 Å². The number of amides is 1. The molecule has 4 nitrogen and oxygen atoms in total. The SMILES string of the molecule is CSNC(=O)c1ccc2c(c1)CC(C)(C)C(c1cccc(N3CC(F)C3)c1)N2. The van der Waals surface area contributed by atoms with Gasteiger partial charge in [0, 0.05) is 23.2 Å². The van der Waals surface area contributed by atoms with Crippen LogP contribution < -0.4 is 14.9 Å². The second-order valence-electron chi connectivity index (χ2n) is 8.35. The first-order valence-corrected chi connectivity index (χ1v) is 10.8. The second-order valence-corrected chi connectivity index (χ2v) is 8.96. The maximum atomic E-state index is 13.3. The molecule has 148 valence electrons. The minimum Gasteiger partial charge on any atom is -0.377 e. The topological polar surface area (TPSA) is 44.4 Å².